The van der Waals surface area contributed by atoms with Crippen LogP contribution in [0.25, 0.3) is 10.4 Å². The van der Waals surface area contributed by atoms with E-state index in [9.17, 15) is 14.9 Å². The lowest BCUT2D eigenvalue weighted by Gasteiger charge is -2.20. The number of nitrogens with one attached hydrogen (secondary N) is 1. The smallest absolute Gasteiger partial charge is 0.282 e. The van der Waals surface area contributed by atoms with Gasteiger partial charge in [0.25, 0.3) is 11.6 Å². The number of nitrogens with zero attached hydrogens (tertiary/aromatic N) is 4. The molecule has 0 atom stereocenters. The fourth-order valence-corrected chi connectivity index (χ4v) is 1.39. The van der Waals surface area contributed by atoms with Gasteiger partial charge >= 0.3 is 0 Å². The highest BCUT2D eigenvalue weighted by atomic mass is 16.6. The van der Waals surface area contributed by atoms with Gasteiger partial charge in [-0.15, -0.1) is 0 Å². The first kappa shape index (κ1) is 14.5. The third-order valence-electron chi connectivity index (χ3n) is 2.07. The topological polar surface area (TPSA) is 121 Å². The molecule has 8 heteroatoms. The highest BCUT2D eigenvalue weighted by molar-refractivity contribution is 5.99. The number of nitro groups is 1. The third kappa shape index (κ3) is 3.97. The van der Waals surface area contributed by atoms with Gasteiger partial charge in [-0.25, -0.2) is 0 Å². The van der Waals surface area contributed by atoms with Crippen LogP contribution in [0.1, 0.15) is 31.1 Å². The van der Waals surface area contributed by atoms with Crippen LogP contribution in [0.2, 0.25) is 0 Å². The summed E-state index contributed by atoms with van der Waals surface area (Å²) in [4.78, 5) is 24.8. The second-order valence-electron chi connectivity index (χ2n) is 4.85. The van der Waals surface area contributed by atoms with Crippen LogP contribution in [-0.4, -0.2) is 16.4 Å². The van der Waals surface area contributed by atoms with E-state index in [1.165, 1.54) is 12.1 Å². The maximum absolute atomic E-state index is 12.0. The Bertz CT molecular complexity index is 570. The lowest BCUT2D eigenvalue weighted by Crippen LogP contribution is -2.40. The van der Waals surface area contributed by atoms with Crippen LogP contribution in [0.5, 0.6) is 0 Å². The molecule has 100 valence electrons. The first-order valence-corrected chi connectivity index (χ1v) is 5.40. The van der Waals surface area contributed by atoms with Crippen LogP contribution in [0.4, 0.5) is 11.4 Å². The van der Waals surface area contributed by atoms with E-state index in [1.807, 2.05) is 0 Å². The Balaban J connectivity index is 3.28. The Morgan fingerprint density at radius 1 is 1.47 bits per heavy atom. The molecule has 0 aromatic heterocycles. The highest BCUT2D eigenvalue weighted by Crippen LogP contribution is 2.25. The van der Waals surface area contributed by atoms with Gasteiger partial charge in [0.2, 0.25) is 0 Å². The maximum atomic E-state index is 12.0. The zero-order valence-electron chi connectivity index (χ0n) is 10.7. The summed E-state index contributed by atoms with van der Waals surface area (Å²) in [6, 6.07) is 3.62. The Morgan fingerprint density at radius 2 is 2.11 bits per heavy atom. The molecule has 0 fully saturated rings. The van der Waals surface area contributed by atoms with Crippen molar-refractivity contribution < 1.29 is 9.72 Å². The third-order valence-corrected chi connectivity index (χ3v) is 2.07. The lowest BCUT2D eigenvalue weighted by atomic mass is 10.1. The van der Waals surface area contributed by atoms with E-state index in [0.717, 1.165) is 6.07 Å². The normalized spacial score (nSPS) is 10.5. The molecular formula is C11H13N5O3. The highest BCUT2D eigenvalue weighted by Gasteiger charge is 2.23. The molecule has 0 spiro atoms. The van der Waals surface area contributed by atoms with E-state index >= 15 is 0 Å². The predicted molar refractivity (Wildman–Crippen MR) is 69.1 cm³/mol. The SMILES string of the molecule is CC(C)(C)NC(=O)c1cc(N=[N+]=[N-])ccc1[N+](=O)[O-]. The van der Waals surface area contributed by atoms with Gasteiger partial charge in [-0.2, -0.15) is 0 Å². The summed E-state index contributed by atoms with van der Waals surface area (Å²) in [6.45, 7) is 5.27. The number of benzene rings is 1. The number of amides is 1. The minimum atomic E-state index is -0.655. The van der Waals surface area contributed by atoms with E-state index in [0.29, 0.717) is 0 Å². The minimum Gasteiger partial charge on any atom is -0.347 e. The molecular weight excluding hydrogens is 250 g/mol. The van der Waals surface area contributed by atoms with Crippen molar-refractivity contribution in [3.63, 3.8) is 0 Å². The Kier molecular flexibility index (Phi) is 4.08. The number of hydrogen-bond acceptors (Lipinski definition) is 4. The summed E-state index contributed by atoms with van der Waals surface area (Å²) in [5.41, 5.74) is 7.49. The van der Waals surface area contributed by atoms with Gasteiger partial charge in [-0.3, -0.25) is 14.9 Å². The fourth-order valence-electron chi connectivity index (χ4n) is 1.39. The molecule has 1 aromatic rings. The van der Waals surface area contributed by atoms with Crippen molar-refractivity contribution >= 4 is 17.3 Å². The van der Waals surface area contributed by atoms with Gasteiger partial charge in [0.15, 0.2) is 0 Å². The van der Waals surface area contributed by atoms with Crippen LogP contribution >= 0.6 is 0 Å². The molecule has 8 nitrogen and oxygen atoms in total. The first-order valence-electron chi connectivity index (χ1n) is 5.40. The number of carbonyl (C=O) groups is 1. The van der Waals surface area contributed by atoms with E-state index in [-0.39, 0.29) is 16.9 Å². The summed E-state index contributed by atoms with van der Waals surface area (Å²) < 4.78 is 0. The van der Waals surface area contributed by atoms with Crippen molar-refractivity contribution in [3.8, 4) is 0 Å². The van der Waals surface area contributed by atoms with Crippen LogP contribution in [0.3, 0.4) is 0 Å². The summed E-state index contributed by atoms with van der Waals surface area (Å²) >= 11 is 0. The molecule has 0 aliphatic rings. The number of nitro benzene ring substituents is 1. The zero-order valence-corrected chi connectivity index (χ0v) is 10.7. The van der Waals surface area contributed by atoms with Crippen LogP contribution in [-0.2, 0) is 0 Å². The Morgan fingerprint density at radius 3 is 2.58 bits per heavy atom. The van der Waals surface area contributed by atoms with Gasteiger partial charge in [0.05, 0.1) is 4.92 Å². The second-order valence-corrected chi connectivity index (χ2v) is 4.85. The molecule has 19 heavy (non-hydrogen) atoms. The van der Waals surface area contributed by atoms with Gasteiger partial charge in [0, 0.05) is 22.2 Å². The molecule has 0 aliphatic carbocycles. The molecule has 0 radical (unpaired) electrons. The summed E-state index contributed by atoms with van der Waals surface area (Å²) in [5, 5.41) is 16.8. The van der Waals surface area contributed by atoms with E-state index in [2.05, 4.69) is 15.3 Å². The average Bonchev–Trinajstić information content (AvgIpc) is 2.26. The molecule has 1 rings (SSSR count). The van der Waals surface area contributed by atoms with E-state index < -0.39 is 16.4 Å². The van der Waals surface area contributed by atoms with E-state index in [4.69, 9.17) is 5.53 Å². The van der Waals surface area contributed by atoms with Crippen molar-refractivity contribution in [1.82, 2.24) is 5.32 Å². The standard InChI is InChI=1S/C11H13N5O3/c1-11(2,3)13-10(17)8-6-7(14-15-12)4-5-9(8)16(18)19/h4-6H,1-3H3,(H,13,17). The molecule has 1 N–H and O–H groups in total. The van der Waals surface area contributed by atoms with Crippen LogP contribution in [0, 0.1) is 10.1 Å². The molecule has 0 bridgehead atoms. The Labute approximate surface area is 109 Å². The van der Waals surface area contributed by atoms with Gasteiger partial charge < -0.3 is 5.32 Å². The van der Waals surface area contributed by atoms with Crippen molar-refractivity contribution in [1.29, 1.82) is 0 Å². The maximum Gasteiger partial charge on any atom is 0.282 e. The van der Waals surface area contributed by atoms with Crippen molar-refractivity contribution in [2.24, 2.45) is 5.11 Å². The molecule has 0 heterocycles. The number of hydrogen-bond donors (Lipinski definition) is 1. The quantitative estimate of drug-likeness (QED) is 0.296. The van der Waals surface area contributed by atoms with Gasteiger partial charge in [-0.1, -0.05) is 5.11 Å². The average molecular weight is 263 g/mol. The summed E-state index contributed by atoms with van der Waals surface area (Å²) in [7, 11) is 0. The zero-order chi connectivity index (χ0) is 14.6. The molecule has 1 amide bonds. The molecule has 0 unspecified atom stereocenters. The fraction of sp³-hybridized carbons (Fsp3) is 0.364. The molecule has 0 saturated heterocycles. The minimum absolute atomic E-state index is 0.134. The van der Waals surface area contributed by atoms with Crippen LogP contribution in [0.15, 0.2) is 23.3 Å². The first-order chi connectivity index (χ1) is 8.74. The Hall–Kier alpha value is -2.60. The predicted octanol–water partition coefficient (Wildman–Crippen LogP) is 3.06. The summed E-state index contributed by atoms with van der Waals surface area (Å²) in [5.74, 6) is -0.589. The number of rotatable bonds is 3. The second kappa shape index (κ2) is 5.36. The van der Waals surface area contributed by atoms with Crippen molar-refractivity contribution in [2.75, 3.05) is 0 Å². The van der Waals surface area contributed by atoms with Gasteiger partial charge in [0.1, 0.15) is 5.56 Å². The van der Waals surface area contributed by atoms with Crippen molar-refractivity contribution in [2.45, 2.75) is 26.3 Å². The van der Waals surface area contributed by atoms with Crippen molar-refractivity contribution in [3.05, 3.63) is 44.3 Å². The molecule has 1 aromatic carbocycles. The van der Waals surface area contributed by atoms with E-state index in [1.54, 1.807) is 20.8 Å². The number of carbonyl (C=O) groups excluding carboxylic acids is 1. The summed E-state index contributed by atoms with van der Waals surface area (Å²) in [6.07, 6.45) is 0. The lowest BCUT2D eigenvalue weighted by molar-refractivity contribution is -0.385. The monoisotopic (exact) mass is 263 g/mol. The molecule has 0 saturated carbocycles. The van der Waals surface area contributed by atoms with Gasteiger partial charge in [-0.05, 0) is 38.4 Å². The van der Waals surface area contributed by atoms with Crippen LogP contribution < -0.4 is 5.32 Å². The largest absolute Gasteiger partial charge is 0.347 e. The number of azide groups is 1. The molecule has 0 aliphatic heterocycles.